The molecule has 2 rings (SSSR count). The molecular weight excluding hydrogens is 398 g/mol. The van der Waals surface area contributed by atoms with E-state index in [1.54, 1.807) is 0 Å². The van der Waals surface area contributed by atoms with Crippen LogP contribution in [-0.4, -0.2) is 33.5 Å². The first-order chi connectivity index (χ1) is 13.9. The number of rotatable bonds is 10. The summed E-state index contributed by atoms with van der Waals surface area (Å²) in [5.74, 6) is -0.904. The number of hydrogen-bond acceptors (Lipinski definition) is 6. The van der Waals surface area contributed by atoms with Crippen LogP contribution in [-0.2, 0) is 0 Å². The van der Waals surface area contributed by atoms with Gasteiger partial charge in [0.15, 0.2) is 0 Å². The maximum atomic E-state index is 13.2. The first-order valence-corrected chi connectivity index (χ1v) is 9.24. The highest BCUT2D eigenvalue weighted by Gasteiger charge is 2.49. The third-order valence-electron chi connectivity index (χ3n) is 5.11. The molecule has 0 aliphatic carbocycles. The normalized spacial score (nSPS) is 14.4. The largest absolute Gasteiger partial charge is 0.378 e. The van der Waals surface area contributed by atoms with Crippen LogP contribution < -0.4 is 10.6 Å². The predicted octanol–water partition coefficient (Wildman–Crippen LogP) is 4.34. The van der Waals surface area contributed by atoms with Gasteiger partial charge >= 0.3 is 0 Å². The Labute approximate surface area is 172 Å². The second-order valence-electron chi connectivity index (χ2n) is 7.93. The molecule has 0 aromatic heterocycles. The summed E-state index contributed by atoms with van der Waals surface area (Å²) in [7, 11) is 0. The lowest BCUT2D eigenvalue weighted by Gasteiger charge is -2.33. The standard InChI is InChI=1S/C20H24F2N4O4/c1-19(2,25(27)28)18(24-17-10-6-15(22)7-11-17)12-20(3,26(29)30)13-23-16-8-4-14(21)5-9-16/h4-11,18,23-24H,12-13H2,1-3H3. The average Bonchev–Trinajstić information content (AvgIpc) is 2.68. The lowest BCUT2D eigenvalue weighted by molar-refractivity contribution is -0.579. The van der Waals surface area contributed by atoms with Crippen LogP contribution in [0.2, 0.25) is 0 Å². The van der Waals surface area contributed by atoms with E-state index >= 15 is 0 Å². The van der Waals surface area contributed by atoms with Gasteiger partial charge < -0.3 is 10.6 Å². The van der Waals surface area contributed by atoms with Crippen LogP contribution >= 0.6 is 0 Å². The zero-order valence-electron chi connectivity index (χ0n) is 16.9. The van der Waals surface area contributed by atoms with Crippen molar-refractivity contribution < 1.29 is 18.6 Å². The lowest BCUT2D eigenvalue weighted by Crippen LogP contribution is -2.55. The molecular formula is C20H24F2N4O4. The fourth-order valence-electron chi connectivity index (χ4n) is 2.86. The highest BCUT2D eigenvalue weighted by atomic mass is 19.1. The molecule has 162 valence electrons. The summed E-state index contributed by atoms with van der Waals surface area (Å²) in [6, 6.07) is 9.63. The lowest BCUT2D eigenvalue weighted by atomic mass is 9.83. The third kappa shape index (κ3) is 5.62. The number of hydrogen-bond donors (Lipinski definition) is 2. The minimum atomic E-state index is -1.58. The van der Waals surface area contributed by atoms with Gasteiger partial charge in [-0.3, -0.25) is 20.2 Å². The quantitative estimate of drug-likeness (QED) is 0.435. The molecule has 30 heavy (non-hydrogen) atoms. The Morgan fingerprint density at radius 1 is 0.867 bits per heavy atom. The van der Waals surface area contributed by atoms with E-state index in [9.17, 15) is 29.0 Å². The van der Waals surface area contributed by atoms with Gasteiger partial charge in [-0.2, -0.15) is 0 Å². The van der Waals surface area contributed by atoms with E-state index in [1.165, 1.54) is 69.3 Å². The summed E-state index contributed by atoms with van der Waals surface area (Å²) < 4.78 is 26.3. The van der Waals surface area contributed by atoms with E-state index in [4.69, 9.17) is 0 Å². The van der Waals surface area contributed by atoms with Crippen LogP contribution in [0.4, 0.5) is 20.2 Å². The minimum absolute atomic E-state index is 0.138. The number of benzene rings is 2. The van der Waals surface area contributed by atoms with Crippen molar-refractivity contribution >= 4 is 11.4 Å². The molecule has 0 radical (unpaired) electrons. The van der Waals surface area contributed by atoms with Gasteiger partial charge in [0.05, 0.1) is 6.54 Å². The molecule has 8 nitrogen and oxygen atoms in total. The first kappa shape index (κ1) is 23.0. The van der Waals surface area contributed by atoms with E-state index in [0.717, 1.165) is 0 Å². The van der Waals surface area contributed by atoms with E-state index < -0.39 is 38.6 Å². The summed E-state index contributed by atoms with van der Waals surface area (Å²) in [5.41, 5.74) is -2.24. The van der Waals surface area contributed by atoms with Gasteiger partial charge in [-0.15, -0.1) is 0 Å². The van der Waals surface area contributed by atoms with Crippen LogP contribution in [0.15, 0.2) is 48.5 Å². The average molecular weight is 422 g/mol. The molecule has 2 atom stereocenters. The van der Waals surface area contributed by atoms with Crippen LogP contribution in [0.25, 0.3) is 0 Å². The molecule has 2 aromatic carbocycles. The summed E-state index contributed by atoms with van der Waals surface area (Å²) in [6.45, 7) is 4.00. The fraction of sp³-hybridized carbons (Fsp3) is 0.400. The fourth-order valence-corrected chi connectivity index (χ4v) is 2.86. The van der Waals surface area contributed by atoms with Gasteiger partial charge in [-0.25, -0.2) is 8.78 Å². The van der Waals surface area contributed by atoms with Gasteiger partial charge in [0.25, 0.3) is 0 Å². The summed E-state index contributed by atoms with van der Waals surface area (Å²) in [5, 5.41) is 29.4. The highest BCUT2D eigenvalue weighted by molar-refractivity contribution is 5.45. The van der Waals surface area contributed by atoms with Gasteiger partial charge in [-0.1, -0.05) is 0 Å². The van der Waals surface area contributed by atoms with Crippen molar-refractivity contribution in [3.05, 3.63) is 80.4 Å². The van der Waals surface area contributed by atoms with E-state index in [0.29, 0.717) is 11.4 Å². The summed E-state index contributed by atoms with van der Waals surface area (Å²) in [4.78, 5) is 22.6. The van der Waals surface area contributed by atoms with Gasteiger partial charge in [0, 0.05) is 48.4 Å². The van der Waals surface area contributed by atoms with Crippen molar-refractivity contribution in [2.45, 2.75) is 44.3 Å². The maximum absolute atomic E-state index is 13.2. The molecule has 2 aromatic rings. The zero-order chi connectivity index (χ0) is 22.5. The van der Waals surface area contributed by atoms with E-state index in [-0.39, 0.29) is 13.0 Å². The van der Waals surface area contributed by atoms with Crippen LogP contribution in [0.5, 0.6) is 0 Å². The molecule has 0 aliphatic rings. The predicted molar refractivity (Wildman–Crippen MR) is 110 cm³/mol. The SMILES string of the molecule is CC(CNc1ccc(F)cc1)(CC(Nc1ccc(F)cc1)C(C)(C)[N+](=O)[O-])[N+](=O)[O-]. The Kier molecular flexibility index (Phi) is 6.91. The Bertz CT molecular complexity index is 891. The highest BCUT2D eigenvalue weighted by Crippen LogP contribution is 2.28. The van der Waals surface area contributed by atoms with Crippen molar-refractivity contribution in [1.29, 1.82) is 0 Å². The van der Waals surface area contributed by atoms with Crippen LogP contribution in [0.3, 0.4) is 0 Å². The van der Waals surface area contributed by atoms with Gasteiger partial charge in [0.2, 0.25) is 11.1 Å². The molecule has 0 saturated heterocycles. The molecule has 0 aliphatic heterocycles. The molecule has 0 heterocycles. The van der Waals surface area contributed by atoms with E-state index in [2.05, 4.69) is 10.6 Å². The Hall–Kier alpha value is -3.30. The number of nitrogens with zero attached hydrogens (tertiary/aromatic N) is 2. The molecule has 10 heteroatoms. The van der Waals surface area contributed by atoms with Gasteiger partial charge in [0.1, 0.15) is 17.7 Å². The number of anilines is 2. The Morgan fingerprint density at radius 3 is 1.77 bits per heavy atom. The first-order valence-electron chi connectivity index (χ1n) is 9.24. The molecule has 0 amide bonds. The minimum Gasteiger partial charge on any atom is -0.378 e. The summed E-state index contributed by atoms with van der Waals surface area (Å²) >= 11 is 0. The van der Waals surface area contributed by atoms with Gasteiger partial charge in [-0.05, 0) is 48.5 Å². The Balaban J connectivity index is 2.27. The van der Waals surface area contributed by atoms with E-state index in [1.807, 2.05) is 0 Å². The number of nitrogens with one attached hydrogen (secondary N) is 2. The number of nitro groups is 2. The Morgan fingerprint density at radius 2 is 1.33 bits per heavy atom. The smallest absolute Gasteiger partial charge is 0.238 e. The van der Waals surface area contributed by atoms with Crippen LogP contribution in [0.1, 0.15) is 27.2 Å². The van der Waals surface area contributed by atoms with Crippen LogP contribution in [0, 0.1) is 31.9 Å². The second kappa shape index (κ2) is 9.02. The third-order valence-corrected chi connectivity index (χ3v) is 5.11. The van der Waals surface area contributed by atoms with Crippen molar-refractivity contribution in [1.82, 2.24) is 0 Å². The second-order valence-corrected chi connectivity index (χ2v) is 7.93. The number of halogens is 2. The molecule has 0 fully saturated rings. The molecule has 2 N–H and O–H groups in total. The van der Waals surface area contributed by atoms with Crippen molar-refractivity contribution in [2.75, 3.05) is 17.2 Å². The monoisotopic (exact) mass is 422 g/mol. The van der Waals surface area contributed by atoms with Crippen molar-refractivity contribution in [3.8, 4) is 0 Å². The molecule has 0 spiro atoms. The maximum Gasteiger partial charge on any atom is 0.238 e. The van der Waals surface area contributed by atoms with Crippen molar-refractivity contribution in [2.24, 2.45) is 0 Å². The zero-order valence-corrected chi connectivity index (χ0v) is 16.9. The molecule has 2 unspecified atom stereocenters. The van der Waals surface area contributed by atoms with Crippen molar-refractivity contribution in [3.63, 3.8) is 0 Å². The molecule has 0 saturated carbocycles. The topological polar surface area (TPSA) is 110 Å². The molecule has 0 bridgehead atoms. The summed E-state index contributed by atoms with van der Waals surface area (Å²) in [6.07, 6.45) is -0.195.